The van der Waals surface area contributed by atoms with Crippen LogP contribution in [0.1, 0.15) is 16.7 Å². The topological polar surface area (TPSA) is 107 Å². The first kappa shape index (κ1) is 25.6. The van der Waals surface area contributed by atoms with Gasteiger partial charge in [-0.2, -0.15) is 5.26 Å². The summed E-state index contributed by atoms with van der Waals surface area (Å²) < 4.78 is 53.3. The number of benzene rings is 3. The Kier molecular flexibility index (Phi) is 7.58. The van der Waals surface area contributed by atoms with Gasteiger partial charge in [-0.3, -0.25) is 4.79 Å². The van der Waals surface area contributed by atoms with Gasteiger partial charge in [-0.1, -0.05) is 41.4 Å². The molecule has 2 N–H and O–H groups in total. The van der Waals surface area contributed by atoms with Crippen molar-refractivity contribution in [3.8, 4) is 6.07 Å². The van der Waals surface area contributed by atoms with Crippen molar-refractivity contribution in [2.45, 2.75) is 11.4 Å². The Balaban J connectivity index is 1.98. The monoisotopic (exact) mass is 524 g/mol. The average molecular weight is 525 g/mol. The molecule has 0 radical (unpaired) electrons. The Labute approximate surface area is 204 Å². The Morgan fingerprint density at radius 3 is 2.29 bits per heavy atom. The van der Waals surface area contributed by atoms with Gasteiger partial charge in [-0.15, -0.1) is 0 Å². The summed E-state index contributed by atoms with van der Waals surface area (Å²) in [6.07, 6.45) is 0. The molecule has 0 heterocycles. The highest BCUT2D eigenvalue weighted by atomic mass is 35.5. The zero-order chi connectivity index (χ0) is 25.1. The van der Waals surface area contributed by atoms with Gasteiger partial charge in [0.15, 0.2) is 27.1 Å². The van der Waals surface area contributed by atoms with E-state index >= 15 is 0 Å². The third kappa shape index (κ3) is 5.90. The van der Waals surface area contributed by atoms with E-state index in [-0.39, 0.29) is 16.3 Å². The lowest BCUT2D eigenvalue weighted by molar-refractivity contribution is -0.132. The predicted octanol–water partition coefficient (Wildman–Crippen LogP) is 4.58. The van der Waals surface area contributed by atoms with E-state index in [1.54, 1.807) is 0 Å². The van der Waals surface area contributed by atoms with Crippen LogP contribution < -0.4 is 5.32 Å². The number of nitrogens with one attached hydrogen (secondary N) is 1. The molecule has 1 unspecified atom stereocenters. The number of halogens is 4. The summed E-state index contributed by atoms with van der Waals surface area (Å²) in [5.74, 6) is -5.52. The van der Waals surface area contributed by atoms with Gasteiger partial charge in [-0.25, -0.2) is 17.2 Å². The van der Waals surface area contributed by atoms with E-state index in [4.69, 9.17) is 28.5 Å². The number of nitriles is 1. The van der Waals surface area contributed by atoms with Crippen molar-refractivity contribution in [2.75, 3.05) is 11.1 Å². The molecule has 0 spiro atoms. The maximum atomic E-state index is 13.9. The molecule has 0 saturated heterocycles. The first-order chi connectivity index (χ1) is 15.9. The molecular weight excluding hydrogens is 509 g/mol. The fourth-order valence-corrected chi connectivity index (χ4v) is 5.24. The third-order valence-electron chi connectivity index (χ3n) is 4.85. The van der Waals surface area contributed by atoms with Gasteiger partial charge in [0.1, 0.15) is 6.07 Å². The summed E-state index contributed by atoms with van der Waals surface area (Å²) in [6.45, 7) is 0. The molecule has 34 heavy (non-hydrogen) atoms. The van der Waals surface area contributed by atoms with E-state index in [9.17, 15) is 27.1 Å². The lowest BCUT2D eigenvalue weighted by Gasteiger charge is -2.27. The maximum absolute atomic E-state index is 13.9. The third-order valence-corrected chi connectivity index (χ3v) is 7.04. The summed E-state index contributed by atoms with van der Waals surface area (Å²) >= 11 is 11.8. The molecule has 3 aromatic rings. The highest BCUT2D eigenvalue weighted by Gasteiger charge is 2.43. The number of carbonyl (C=O) groups is 1. The number of hydrogen-bond donors (Lipinski definition) is 2. The Hall–Kier alpha value is -3.03. The molecule has 3 rings (SSSR count). The van der Waals surface area contributed by atoms with Crippen molar-refractivity contribution in [1.82, 2.24) is 0 Å². The number of sulfone groups is 1. The lowest BCUT2D eigenvalue weighted by atomic mass is 9.94. The van der Waals surface area contributed by atoms with E-state index in [0.29, 0.717) is 22.7 Å². The number of hydrogen-bond acceptors (Lipinski definition) is 5. The SMILES string of the molecule is N#Cc1ccc(NC(=O)C(O)(CS(=O)(=O)Cc2ccc(Cl)cc2)c2ccc(F)c(F)c2)cc1Cl. The van der Waals surface area contributed by atoms with E-state index in [2.05, 4.69) is 5.32 Å². The second-order valence-electron chi connectivity index (χ2n) is 7.41. The van der Waals surface area contributed by atoms with Crippen molar-refractivity contribution in [3.05, 3.63) is 99.0 Å². The minimum absolute atomic E-state index is 0.00651. The molecule has 0 aliphatic heterocycles. The number of carbonyl (C=O) groups excluding carboxylic acids is 1. The van der Waals surface area contributed by atoms with Crippen LogP contribution in [-0.4, -0.2) is 25.2 Å². The lowest BCUT2D eigenvalue weighted by Crippen LogP contribution is -2.46. The van der Waals surface area contributed by atoms with Gasteiger partial charge >= 0.3 is 0 Å². The molecule has 11 heteroatoms. The standard InChI is InChI=1S/C23H16Cl2F2N2O4S/c24-17-5-1-14(2-6-17)12-34(32,33)13-23(31,16-4-8-20(26)21(27)9-16)22(30)29-18-7-3-15(11-28)19(25)10-18/h1-10,31H,12-13H2,(H,29,30). The Bertz CT molecular complexity index is 1390. The fraction of sp³-hybridized carbons (Fsp3) is 0.130. The van der Waals surface area contributed by atoms with Gasteiger partial charge in [0, 0.05) is 10.7 Å². The summed E-state index contributed by atoms with van der Waals surface area (Å²) in [6, 6.07) is 13.7. The van der Waals surface area contributed by atoms with E-state index in [1.165, 1.54) is 42.5 Å². The maximum Gasteiger partial charge on any atom is 0.262 e. The van der Waals surface area contributed by atoms with Crippen LogP contribution in [0.15, 0.2) is 60.7 Å². The van der Waals surface area contributed by atoms with Crippen LogP contribution >= 0.6 is 23.2 Å². The van der Waals surface area contributed by atoms with E-state index in [1.807, 2.05) is 6.07 Å². The average Bonchev–Trinajstić information content (AvgIpc) is 2.76. The van der Waals surface area contributed by atoms with Crippen molar-refractivity contribution in [3.63, 3.8) is 0 Å². The molecule has 6 nitrogen and oxygen atoms in total. The fourth-order valence-electron chi connectivity index (χ4n) is 3.16. The van der Waals surface area contributed by atoms with Crippen molar-refractivity contribution in [1.29, 1.82) is 5.26 Å². The van der Waals surface area contributed by atoms with Crippen molar-refractivity contribution >= 4 is 44.6 Å². The van der Waals surface area contributed by atoms with Crippen LogP contribution in [0.25, 0.3) is 0 Å². The molecule has 0 aliphatic rings. The van der Waals surface area contributed by atoms with Gasteiger partial charge < -0.3 is 10.4 Å². The quantitative estimate of drug-likeness (QED) is 0.470. The molecule has 176 valence electrons. The molecule has 0 saturated carbocycles. The molecule has 0 bridgehead atoms. The normalized spacial score (nSPS) is 13.1. The molecule has 1 atom stereocenters. The number of anilines is 1. The summed E-state index contributed by atoms with van der Waals surface area (Å²) in [5, 5.41) is 23.0. The molecule has 0 aromatic heterocycles. The van der Waals surface area contributed by atoms with Crippen LogP contribution in [0.2, 0.25) is 10.0 Å². The van der Waals surface area contributed by atoms with Gasteiger partial charge in [-0.05, 0) is 53.6 Å². The highest BCUT2D eigenvalue weighted by molar-refractivity contribution is 7.90. The number of nitrogens with zero attached hydrogens (tertiary/aromatic N) is 1. The highest BCUT2D eigenvalue weighted by Crippen LogP contribution is 2.29. The first-order valence-corrected chi connectivity index (χ1v) is 12.1. The zero-order valence-electron chi connectivity index (χ0n) is 17.2. The van der Waals surface area contributed by atoms with Crippen LogP contribution in [0.4, 0.5) is 14.5 Å². The van der Waals surface area contributed by atoms with Gasteiger partial charge in [0.25, 0.3) is 5.91 Å². The Morgan fingerprint density at radius 1 is 1.03 bits per heavy atom. The molecule has 0 fully saturated rings. The van der Waals surface area contributed by atoms with Crippen molar-refractivity contribution < 1.29 is 27.1 Å². The second kappa shape index (κ2) is 10.1. The van der Waals surface area contributed by atoms with E-state index in [0.717, 1.165) is 6.07 Å². The van der Waals surface area contributed by atoms with Crippen LogP contribution in [-0.2, 0) is 26.0 Å². The van der Waals surface area contributed by atoms with Crippen LogP contribution in [0.3, 0.4) is 0 Å². The smallest absolute Gasteiger partial charge is 0.262 e. The summed E-state index contributed by atoms with van der Waals surface area (Å²) in [5.41, 5.74) is -2.74. The first-order valence-electron chi connectivity index (χ1n) is 9.57. The van der Waals surface area contributed by atoms with Crippen LogP contribution in [0.5, 0.6) is 0 Å². The van der Waals surface area contributed by atoms with Gasteiger partial charge in [0.2, 0.25) is 0 Å². The molecular formula is C23H16Cl2F2N2O4S. The second-order valence-corrected chi connectivity index (χ2v) is 10.3. The minimum atomic E-state index is -4.17. The molecule has 3 aromatic carbocycles. The Morgan fingerprint density at radius 2 is 1.71 bits per heavy atom. The molecule has 1 amide bonds. The molecule has 0 aliphatic carbocycles. The predicted molar refractivity (Wildman–Crippen MR) is 124 cm³/mol. The van der Waals surface area contributed by atoms with E-state index < -0.39 is 50.0 Å². The van der Waals surface area contributed by atoms with Crippen LogP contribution in [0, 0.1) is 23.0 Å². The largest absolute Gasteiger partial charge is 0.374 e. The van der Waals surface area contributed by atoms with Crippen molar-refractivity contribution in [2.24, 2.45) is 0 Å². The summed E-state index contributed by atoms with van der Waals surface area (Å²) in [7, 11) is -4.17. The number of rotatable bonds is 7. The zero-order valence-corrected chi connectivity index (χ0v) is 19.6. The van der Waals surface area contributed by atoms with Gasteiger partial charge in [0.05, 0.1) is 22.1 Å². The number of amides is 1. The summed E-state index contributed by atoms with van der Waals surface area (Å²) in [4.78, 5) is 13.1. The number of aliphatic hydroxyl groups is 1. The minimum Gasteiger partial charge on any atom is -0.374 e.